The fourth-order valence-corrected chi connectivity index (χ4v) is 3.01. The highest BCUT2D eigenvalue weighted by Crippen LogP contribution is 2.21. The summed E-state index contributed by atoms with van der Waals surface area (Å²) in [6.45, 7) is 0. The van der Waals surface area contributed by atoms with Crippen LogP contribution in [0.2, 0.25) is 0 Å². The van der Waals surface area contributed by atoms with Crippen molar-refractivity contribution in [1.29, 1.82) is 5.26 Å². The summed E-state index contributed by atoms with van der Waals surface area (Å²) in [5.74, 6) is 0.533. The van der Waals surface area contributed by atoms with Crippen LogP contribution in [0.25, 0.3) is 33.7 Å². The number of fused-ring (bicyclic) bond motifs is 2. The van der Waals surface area contributed by atoms with Crippen LogP contribution in [0.15, 0.2) is 47.3 Å². The summed E-state index contributed by atoms with van der Waals surface area (Å²) in [4.78, 5) is 19.7. The highest BCUT2D eigenvalue weighted by molar-refractivity contribution is 5.91. The average Bonchev–Trinajstić information content (AvgIpc) is 3.15. The van der Waals surface area contributed by atoms with Crippen molar-refractivity contribution in [3.05, 3.63) is 64.3 Å². The van der Waals surface area contributed by atoms with E-state index in [1.165, 1.54) is 0 Å². The first-order valence-corrected chi connectivity index (χ1v) is 7.81. The zero-order valence-electron chi connectivity index (χ0n) is 14.2. The maximum Gasteiger partial charge on any atom is 0.328 e. The Kier molecular flexibility index (Phi) is 4.41. The van der Waals surface area contributed by atoms with Crippen LogP contribution >= 0.6 is 0 Å². The van der Waals surface area contributed by atoms with E-state index in [-0.39, 0.29) is 18.1 Å². The predicted octanol–water partition coefficient (Wildman–Crippen LogP) is -0.179. The van der Waals surface area contributed by atoms with Gasteiger partial charge in [0.25, 0.3) is 0 Å². The molecule has 0 saturated heterocycles. The van der Waals surface area contributed by atoms with Crippen LogP contribution in [0.1, 0.15) is 11.4 Å². The molecule has 6 nitrogen and oxygen atoms in total. The lowest BCUT2D eigenvalue weighted by Gasteiger charge is -1.99. The molecule has 26 heavy (non-hydrogen) atoms. The highest BCUT2D eigenvalue weighted by atomic mass is 35.5. The van der Waals surface area contributed by atoms with Crippen LogP contribution in [-0.4, -0.2) is 19.1 Å². The molecule has 1 N–H and O–H groups in total. The number of H-pyrrole nitrogens is 1. The van der Waals surface area contributed by atoms with Gasteiger partial charge < -0.3 is 17.4 Å². The number of nitrogens with zero attached hydrogens (tertiary/aromatic N) is 4. The van der Waals surface area contributed by atoms with E-state index in [1.807, 2.05) is 42.5 Å². The van der Waals surface area contributed by atoms with Crippen molar-refractivity contribution in [2.45, 2.75) is 0 Å². The van der Waals surface area contributed by atoms with Gasteiger partial charge in [-0.05, 0) is 35.9 Å². The smallest absolute Gasteiger partial charge is 0.328 e. The van der Waals surface area contributed by atoms with Gasteiger partial charge in [-0.15, -0.1) is 0 Å². The van der Waals surface area contributed by atoms with E-state index in [2.05, 4.69) is 16.0 Å². The maximum atomic E-state index is 12.0. The molecule has 4 aromatic rings. The van der Waals surface area contributed by atoms with Gasteiger partial charge in [-0.2, -0.15) is 5.26 Å². The molecular formula is C19H15ClN5O-. The summed E-state index contributed by atoms with van der Waals surface area (Å²) in [6.07, 6.45) is 1.77. The van der Waals surface area contributed by atoms with Gasteiger partial charge in [0, 0.05) is 14.1 Å². The van der Waals surface area contributed by atoms with Gasteiger partial charge in [-0.25, -0.2) is 9.78 Å². The molecule has 0 atom stereocenters. The Balaban J connectivity index is 0.00000196. The largest absolute Gasteiger partial charge is 1.00 e. The van der Waals surface area contributed by atoms with Crippen LogP contribution < -0.4 is 18.1 Å². The van der Waals surface area contributed by atoms with Crippen molar-refractivity contribution in [3.63, 3.8) is 0 Å². The lowest BCUT2D eigenvalue weighted by atomic mass is 10.1. The highest BCUT2D eigenvalue weighted by Gasteiger charge is 2.10. The molecule has 130 valence electrons. The maximum absolute atomic E-state index is 12.0. The molecule has 4 rings (SSSR count). The minimum Gasteiger partial charge on any atom is -1.00 e. The molecule has 0 aliphatic carbocycles. The van der Waals surface area contributed by atoms with E-state index in [1.54, 1.807) is 29.3 Å². The van der Waals surface area contributed by atoms with Gasteiger partial charge >= 0.3 is 5.69 Å². The van der Waals surface area contributed by atoms with Crippen molar-refractivity contribution >= 4 is 33.7 Å². The molecule has 0 aliphatic heterocycles. The number of allylic oxidation sites excluding steroid dienone is 1. The molecule has 7 heteroatoms. The van der Waals surface area contributed by atoms with E-state index in [9.17, 15) is 10.1 Å². The molecule has 0 amide bonds. The Morgan fingerprint density at radius 3 is 2.62 bits per heavy atom. The Hall–Kier alpha value is -3.30. The number of hydrogen-bond donors (Lipinski definition) is 1. The van der Waals surface area contributed by atoms with Gasteiger partial charge in [0.2, 0.25) is 0 Å². The Labute approximate surface area is 155 Å². The van der Waals surface area contributed by atoms with Crippen molar-refractivity contribution in [2.75, 3.05) is 0 Å². The number of aromatic nitrogens is 4. The van der Waals surface area contributed by atoms with Crippen molar-refractivity contribution in [2.24, 2.45) is 14.1 Å². The number of nitrogens with one attached hydrogen (secondary N) is 1. The lowest BCUT2D eigenvalue weighted by Crippen LogP contribution is -3.00. The number of imidazole rings is 2. The second-order valence-electron chi connectivity index (χ2n) is 5.92. The van der Waals surface area contributed by atoms with Gasteiger partial charge in [0.15, 0.2) is 0 Å². The molecule has 0 spiro atoms. The normalized spacial score (nSPS) is 11.5. The zero-order valence-corrected chi connectivity index (χ0v) is 14.9. The molecule has 0 saturated carbocycles. The van der Waals surface area contributed by atoms with E-state index >= 15 is 0 Å². The number of benzene rings is 2. The number of aryl methyl sites for hydroxylation is 2. The molecule has 0 fully saturated rings. The minimum atomic E-state index is -0.0751. The van der Waals surface area contributed by atoms with Crippen LogP contribution in [-0.2, 0) is 14.1 Å². The summed E-state index contributed by atoms with van der Waals surface area (Å²) in [5, 5.41) is 9.54. The summed E-state index contributed by atoms with van der Waals surface area (Å²) < 4.78 is 3.20. The first kappa shape index (κ1) is 17.5. The van der Waals surface area contributed by atoms with Crippen molar-refractivity contribution in [3.8, 4) is 6.07 Å². The van der Waals surface area contributed by atoms with E-state index in [4.69, 9.17) is 0 Å². The molecular weight excluding hydrogens is 350 g/mol. The number of nitriles is 1. The molecule has 0 aliphatic rings. The third kappa shape index (κ3) is 2.68. The van der Waals surface area contributed by atoms with E-state index < -0.39 is 0 Å². The third-order valence-corrected chi connectivity index (χ3v) is 4.37. The minimum absolute atomic E-state index is 0. The van der Waals surface area contributed by atoms with E-state index in [0.717, 1.165) is 27.6 Å². The first-order chi connectivity index (χ1) is 12.1. The Bertz CT molecular complexity index is 1220. The average molecular weight is 365 g/mol. The second-order valence-corrected chi connectivity index (χ2v) is 5.92. The van der Waals surface area contributed by atoms with Gasteiger partial charge in [0.1, 0.15) is 11.9 Å². The van der Waals surface area contributed by atoms with Crippen LogP contribution in [0.3, 0.4) is 0 Å². The monoisotopic (exact) mass is 364 g/mol. The summed E-state index contributed by atoms with van der Waals surface area (Å²) in [6, 6.07) is 15.5. The molecule has 0 bridgehead atoms. The molecule has 0 unspecified atom stereocenters. The molecule has 2 aromatic carbocycles. The third-order valence-electron chi connectivity index (χ3n) is 4.37. The standard InChI is InChI=1S/C19H15N5O.ClH/c1-23-16-8-7-12(10-17(16)24(2)19(23)25)9-13(11-20)18-21-14-5-3-4-6-15(14)22-18;/h3-10H,1-2H3,(H,21,22);1H/p-1/b13-9+;. The number of hydrogen-bond acceptors (Lipinski definition) is 3. The van der Waals surface area contributed by atoms with E-state index in [0.29, 0.717) is 11.4 Å². The Morgan fingerprint density at radius 1 is 1.15 bits per heavy atom. The molecule has 2 heterocycles. The van der Waals surface area contributed by atoms with Crippen LogP contribution in [0, 0.1) is 11.3 Å². The predicted molar refractivity (Wildman–Crippen MR) is 97.7 cm³/mol. The summed E-state index contributed by atoms with van der Waals surface area (Å²) in [5.41, 5.74) is 4.59. The van der Waals surface area contributed by atoms with Gasteiger partial charge in [-0.1, -0.05) is 18.2 Å². The zero-order chi connectivity index (χ0) is 17.6. The van der Waals surface area contributed by atoms with Crippen molar-refractivity contribution < 1.29 is 12.4 Å². The summed E-state index contributed by atoms with van der Waals surface area (Å²) >= 11 is 0. The van der Waals surface area contributed by atoms with Gasteiger partial charge in [0.05, 0.1) is 27.6 Å². The topological polar surface area (TPSA) is 79.4 Å². The first-order valence-electron chi connectivity index (χ1n) is 7.81. The SMILES string of the molecule is Cn1c(=O)n(C)c2cc(/C=C(\C#N)c3nc4ccccc4[nH]3)ccc21.[Cl-]. The Morgan fingerprint density at radius 2 is 1.88 bits per heavy atom. The van der Waals surface area contributed by atoms with Gasteiger partial charge in [-0.3, -0.25) is 9.13 Å². The van der Waals surface area contributed by atoms with Crippen molar-refractivity contribution in [1.82, 2.24) is 19.1 Å². The number of halogens is 1. The quantitative estimate of drug-likeness (QED) is 0.501. The second kappa shape index (κ2) is 6.54. The lowest BCUT2D eigenvalue weighted by molar-refractivity contribution is -0.00000542. The fraction of sp³-hybridized carbons (Fsp3) is 0.105. The van der Waals surface area contributed by atoms with Crippen LogP contribution in [0.4, 0.5) is 0 Å². The molecule has 0 radical (unpaired) electrons. The molecule has 2 aromatic heterocycles. The fourth-order valence-electron chi connectivity index (χ4n) is 3.01. The van der Waals surface area contributed by atoms with Crippen LogP contribution in [0.5, 0.6) is 0 Å². The number of para-hydroxylation sites is 2. The summed E-state index contributed by atoms with van der Waals surface area (Å²) in [7, 11) is 3.48. The number of rotatable bonds is 2. The number of aromatic amines is 1.